The lowest BCUT2D eigenvalue weighted by molar-refractivity contribution is -0.0352. The number of ether oxygens (including phenoxy) is 1. The molecular formula is C19H33N5OS. The zero-order chi connectivity index (χ0) is 18.2. The number of aryl methyl sites for hydroxylation is 1. The number of nitrogens with zero attached hydrogens (tertiary/aromatic N) is 3. The van der Waals surface area contributed by atoms with Crippen LogP contribution in [0, 0.1) is 6.92 Å². The van der Waals surface area contributed by atoms with Crippen molar-refractivity contribution < 1.29 is 4.74 Å². The molecule has 2 aliphatic rings. The van der Waals surface area contributed by atoms with E-state index >= 15 is 0 Å². The first-order chi connectivity index (χ1) is 12.7. The minimum atomic E-state index is 0.256. The highest BCUT2D eigenvalue weighted by Gasteiger charge is 2.38. The Morgan fingerprint density at radius 1 is 1.27 bits per heavy atom. The van der Waals surface area contributed by atoms with Gasteiger partial charge in [0.05, 0.1) is 23.9 Å². The molecule has 0 unspecified atom stereocenters. The van der Waals surface area contributed by atoms with Gasteiger partial charge < -0.3 is 15.4 Å². The molecule has 26 heavy (non-hydrogen) atoms. The van der Waals surface area contributed by atoms with E-state index in [1.54, 1.807) is 11.3 Å². The maximum Gasteiger partial charge on any atom is 0.191 e. The van der Waals surface area contributed by atoms with Crippen molar-refractivity contribution in [2.45, 2.75) is 51.0 Å². The van der Waals surface area contributed by atoms with Crippen LogP contribution in [0.2, 0.25) is 0 Å². The van der Waals surface area contributed by atoms with Crippen LogP contribution >= 0.6 is 11.3 Å². The molecule has 7 heteroatoms. The highest BCUT2D eigenvalue weighted by Crippen LogP contribution is 2.33. The van der Waals surface area contributed by atoms with E-state index in [0.717, 1.165) is 62.5 Å². The van der Waals surface area contributed by atoms with Crippen LogP contribution in [0.5, 0.6) is 0 Å². The van der Waals surface area contributed by atoms with Gasteiger partial charge in [-0.3, -0.25) is 9.89 Å². The Morgan fingerprint density at radius 3 is 2.69 bits per heavy atom. The third-order valence-corrected chi connectivity index (χ3v) is 6.44. The van der Waals surface area contributed by atoms with Crippen molar-refractivity contribution in [2.75, 3.05) is 46.4 Å². The zero-order valence-corrected chi connectivity index (χ0v) is 17.0. The van der Waals surface area contributed by atoms with Crippen LogP contribution < -0.4 is 10.6 Å². The molecule has 1 aromatic heterocycles. The first-order valence-electron chi connectivity index (χ1n) is 9.90. The molecule has 0 atom stereocenters. The number of nitrogens with one attached hydrogen (secondary N) is 2. The Balaban J connectivity index is 1.51. The van der Waals surface area contributed by atoms with E-state index in [1.165, 1.54) is 32.1 Å². The molecule has 3 rings (SSSR count). The lowest BCUT2D eigenvalue weighted by Crippen LogP contribution is -2.60. The average molecular weight is 380 g/mol. The molecule has 2 fully saturated rings. The number of hydrogen-bond acceptors (Lipinski definition) is 5. The maximum absolute atomic E-state index is 5.58. The van der Waals surface area contributed by atoms with E-state index in [0.29, 0.717) is 0 Å². The molecular weight excluding hydrogens is 346 g/mol. The van der Waals surface area contributed by atoms with Gasteiger partial charge in [-0.1, -0.05) is 19.3 Å². The summed E-state index contributed by atoms with van der Waals surface area (Å²) in [6.45, 7) is 7.70. The molecule has 1 aromatic rings. The summed E-state index contributed by atoms with van der Waals surface area (Å²) < 4.78 is 5.58. The van der Waals surface area contributed by atoms with Gasteiger partial charge in [0.2, 0.25) is 0 Å². The fourth-order valence-electron chi connectivity index (χ4n) is 4.15. The van der Waals surface area contributed by atoms with E-state index in [-0.39, 0.29) is 5.54 Å². The van der Waals surface area contributed by atoms with Crippen LogP contribution in [-0.2, 0) is 11.2 Å². The van der Waals surface area contributed by atoms with Crippen molar-refractivity contribution in [2.24, 2.45) is 4.99 Å². The van der Waals surface area contributed by atoms with Crippen LogP contribution in [0.3, 0.4) is 0 Å². The van der Waals surface area contributed by atoms with Crippen LogP contribution in [0.1, 0.15) is 42.8 Å². The second kappa shape index (κ2) is 9.67. The third kappa shape index (κ3) is 5.18. The Kier molecular flexibility index (Phi) is 7.28. The van der Waals surface area contributed by atoms with Gasteiger partial charge in [-0.15, -0.1) is 11.3 Å². The van der Waals surface area contributed by atoms with E-state index in [2.05, 4.69) is 37.8 Å². The summed E-state index contributed by atoms with van der Waals surface area (Å²) in [4.78, 5) is 11.6. The molecule has 1 saturated carbocycles. The van der Waals surface area contributed by atoms with E-state index < -0.39 is 0 Å². The third-order valence-electron chi connectivity index (χ3n) is 5.61. The molecule has 0 amide bonds. The summed E-state index contributed by atoms with van der Waals surface area (Å²) in [6.07, 6.45) is 7.50. The molecule has 0 bridgehead atoms. The summed E-state index contributed by atoms with van der Waals surface area (Å²) in [6, 6.07) is 0. The number of rotatable bonds is 6. The van der Waals surface area contributed by atoms with Gasteiger partial charge in [-0.25, -0.2) is 4.98 Å². The maximum atomic E-state index is 5.58. The van der Waals surface area contributed by atoms with Crippen molar-refractivity contribution in [3.63, 3.8) is 0 Å². The monoisotopic (exact) mass is 379 g/mol. The molecule has 2 heterocycles. The number of aromatic nitrogens is 1. The Morgan fingerprint density at radius 2 is 2.04 bits per heavy atom. The minimum absolute atomic E-state index is 0.256. The molecule has 2 N–H and O–H groups in total. The van der Waals surface area contributed by atoms with Crippen molar-refractivity contribution in [3.05, 3.63) is 16.1 Å². The SMILES string of the molecule is CN=C(NCCc1csc(C)n1)NCC1(N2CCOCC2)CCCCC1. The number of hydrogen-bond donors (Lipinski definition) is 2. The molecule has 1 saturated heterocycles. The van der Waals surface area contributed by atoms with E-state index in [1.807, 2.05) is 7.05 Å². The molecule has 6 nitrogen and oxygen atoms in total. The molecule has 0 radical (unpaired) electrons. The summed E-state index contributed by atoms with van der Waals surface area (Å²) in [5.41, 5.74) is 1.42. The Hall–Kier alpha value is -1.18. The van der Waals surface area contributed by atoms with E-state index in [4.69, 9.17) is 4.74 Å². The predicted molar refractivity (Wildman–Crippen MR) is 108 cm³/mol. The first-order valence-corrected chi connectivity index (χ1v) is 10.8. The normalized spacial score (nSPS) is 21.5. The lowest BCUT2D eigenvalue weighted by atomic mass is 9.80. The van der Waals surface area contributed by atoms with Gasteiger partial charge in [-0.2, -0.15) is 0 Å². The number of morpholine rings is 1. The predicted octanol–water partition coefficient (Wildman–Crippen LogP) is 2.19. The molecule has 1 aliphatic heterocycles. The standard InChI is InChI=1S/C19H33N5OS/c1-16-23-17(14-26-16)6-9-21-18(20-2)22-15-19(7-4-3-5-8-19)24-10-12-25-13-11-24/h14H,3-13,15H2,1-2H3,(H2,20,21,22). The van der Waals surface area contributed by atoms with Gasteiger partial charge in [0.1, 0.15) is 0 Å². The fourth-order valence-corrected chi connectivity index (χ4v) is 4.80. The first kappa shape index (κ1) is 19.6. The van der Waals surface area contributed by atoms with Crippen LogP contribution in [-0.4, -0.2) is 67.8 Å². The average Bonchev–Trinajstić information content (AvgIpc) is 3.11. The lowest BCUT2D eigenvalue weighted by Gasteiger charge is -2.48. The molecule has 1 aliphatic carbocycles. The smallest absolute Gasteiger partial charge is 0.191 e. The van der Waals surface area contributed by atoms with Gasteiger partial charge in [0.25, 0.3) is 0 Å². The second-order valence-corrected chi connectivity index (χ2v) is 8.41. The molecule has 0 spiro atoms. The summed E-state index contributed by atoms with van der Waals surface area (Å²) in [5, 5.41) is 10.3. The van der Waals surface area contributed by atoms with Gasteiger partial charge in [0.15, 0.2) is 5.96 Å². The molecule has 146 valence electrons. The Bertz CT molecular complexity index is 576. The van der Waals surface area contributed by atoms with Crippen molar-refractivity contribution in [3.8, 4) is 0 Å². The summed E-state index contributed by atoms with van der Waals surface area (Å²) in [7, 11) is 1.85. The summed E-state index contributed by atoms with van der Waals surface area (Å²) >= 11 is 1.71. The van der Waals surface area contributed by atoms with Crippen molar-refractivity contribution >= 4 is 17.3 Å². The molecule has 0 aromatic carbocycles. The number of aliphatic imine (C=N–C) groups is 1. The highest BCUT2D eigenvalue weighted by atomic mass is 32.1. The summed E-state index contributed by atoms with van der Waals surface area (Å²) in [5.74, 6) is 0.898. The van der Waals surface area contributed by atoms with Gasteiger partial charge in [0, 0.05) is 50.6 Å². The topological polar surface area (TPSA) is 61.8 Å². The number of thiazole rings is 1. The van der Waals surface area contributed by atoms with Crippen molar-refractivity contribution in [1.29, 1.82) is 0 Å². The van der Waals surface area contributed by atoms with Crippen LogP contribution in [0.25, 0.3) is 0 Å². The van der Waals surface area contributed by atoms with E-state index in [9.17, 15) is 0 Å². The highest BCUT2D eigenvalue weighted by molar-refractivity contribution is 7.09. The quantitative estimate of drug-likeness (QED) is 0.586. The van der Waals surface area contributed by atoms with Gasteiger partial charge in [-0.05, 0) is 19.8 Å². The minimum Gasteiger partial charge on any atom is -0.379 e. The van der Waals surface area contributed by atoms with Crippen LogP contribution in [0.15, 0.2) is 10.4 Å². The number of guanidine groups is 1. The van der Waals surface area contributed by atoms with Crippen LogP contribution in [0.4, 0.5) is 0 Å². The second-order valence-electron chi connectivity index (χ2n) is 7.34. The Labute approximate surface area is 161 Å². The van der Waals surface area contributed by atoms with Crippen molar-refractivity contribution in [1.82, 2.24) is 20.5 Å². The largest absolute Gasteiger partial charge is 0.379 e. The zero-order valence-electron chi connectivity index (χ0n) is 16.2. The van der Waals surface area contributed by atoms with Gasteiger partial charge >= 0.3 is 0 Å². The fraction of sp³-hybridized carbons (Fsp3) is 0.789.